The number of alkyl carbamates (subject to hydrolysis) is 2. The number of nitrogens with zero attached hydrogens (tertiary/aromatic N) is 4. The Labute approximate surface area is 367 Å². The number of aromatic amines is 2. The van der Waals surface area contributed by atoms with Crippen LogP contribution in [0.1, 0.15) is 107 Å². The maximum absolute atomic E-state index is 15.1. The third-order valence-corrected chi connectivity index (χ3v) is 13.0. The van der Waals surface area contributed by atoms with Crippen LogP contribution < -0.4 is 16.0 Å². The van der Waals surface area contributed by atoms with E-state index in [0.717, 1.165) is 63.1 Å². The number of ether oxygens (including phenoxy) is 2. The maximum Gasteiger partial charge on any atom is 0.407 e. The number of benzene rings is 2. The second kappa shape index (κ2) is 17.2. The van der Waals surface area contributed by atoms with Crippen LogP contribution in [0.4, 0.5) is 27.2 Å². The highest BCUT2D eigenvalue weighted by molar-refractivity contribution is 5.87. The number of rotatable bonds is 11. The number of alkyl halides is 4. The number of piperidine rings is 1. The van der Waals surface area contributed by atoms with Gasteiger partial charge in [-0.05, 0) is 58.9 Å². The number of hydrogen-bond acceptors (Lipinski definition) is 9. The molecule has 0 radical (unpaired) electrons. The van der Waals surface area contributed by atoms with Crippen molar-refractivity contribution in [2.24, 2.45) is 11.8 Å². The molecule has 8 rings (SSSR count). The number of carbonyl (C=O) groups excluding carboxylic acids is 4. The predicted molar refractivity (Wildman–Crippen MR) is 226 cm³/mol. The van der Waals surface area contributed by atoms with E-state index in [2.05, 4.69) is 47.5 Å². The van der Waals surface area contributed by atoms with Crippen molar-refractivity contribution in [2.45, 2.75) is 108 Å². The Bertz CT molecular complexity index is 2420. The lowest BCUT2D eigenvalue weighted by Crippen LogP contribution is -2.51. The third kappa shape index (κ3) is 8.53. The monoisotopic (exact) mass is 891 g/mol. The number of fused-ring (bicyclic) bond motifs is 5. The quantitative estimate of drug-likeness (QED) is 0.0947. The number of nitrogens with one attached hydrogen (secondary N) is 5. The summed E-state index contributed by atoms with van der Waals surface area (Å²) >= 11 is 0. The van der Waals surface area contributed by atoms with Crippen molar-refractivity contribution in [1.29, 1.82) is 0 Å². The summed E-state index contributed by atoms with van der Waals surface area (Å²) in [6.45, 7) is 5.70. The number of hydrogen-bond donors (Lipinski definition) is 5. The van der Waals surface area contributed by atoms with Gasteiger partial charge < -0.3 is 45.2 Å². The van der Waals surface area contributed by atoms with E-state index < -0.39 is 91.9 Å². The van der Waals surface area contributed by atoms with Gasteiger partial charge in [-0.25, -0.2) is 37.1 Å². The molecule has 2 aromatic carbocycles. The summed E-state index contributed by atoms with van der Waals surface area (Å²) in [5.41, 5.74) is 7.02. The molecular formula is C45H53F4N9O6. The Morgan fingerprint density at radius 2 is 1.25 bits per heavy atom. The SMILES string of the molecule is CCC(NC(=O)OC)C(=O)N1CC(F)(F)CC1c1ncc(-c2ccc(-c3ccc(-c4cnc(C5CC(F)(F)CN5C(=O)C(NC(=O)OC)C(C)C)[nH]4)c4c3C3CC(C)CC4N3)cc2)[nH]1. The van der Waals surface area contributed by atoms with Crippen molar-refractivity contribution in [3.05, 3.63) is 71.6 Å². The van der Waals surface area contributed by atoms with Crippen molar-refractivity contribution in [3.8, 4) is 33.6 Å². The van der Waals surface area contributed by atoms with Gasteiger partial charge in [0.2, 0.25) is 11.8 Å². The first-order valence-corrected chi connectivity index (χ1v) is 21.6. The third-order valence-electron chi connectivity index (χ3n) is 13.0. The molecule has 3 saturated heterocycles. The normalized spacial score (nSPS) is 24.0. The van der Waals surface area contributed by atoms with Crippen LogP contribution in [0.3, 0.4) is 0 Å². The Balaban J connectivity index is 1.06. The molecule has 4 amide bonds. The van der Waals surface area contributed by atoms with Crippen molar-refractivity contribution in [1.82, 2.24) is 45.7 Å². The van der Waals surface area contributed by atoms with Crippen molar-refractivity contribution >= 4 is 24.0 Å². The highest BCUT2D eigenvalue weighted by Gasteiger charge is 2.52. The van der Waals surface area contributed by atoms with Crippen molar-refractivity contribution < 1.29 is 46.2 Å². The molecule has 342 valence electrons. The Morgan fingerprint density at radius 3 is 1.81 bits per heavy atom. The molecule has 7 unspecified atom stereocenters. The summed E-state index contributed by atoms with van der Waals surface area (Å²) in [5, 5.41) is 8.73. The molecular weight excluding hydrogens is 839 g/mol. The average molecular weight is 892 g/mol. The minimum absolute atomic E-state index is 0.0245. The van der Waals surface area contributed by atoms with E-state index in [-0.39, 0.29) is 30.2 Å². The Hall–Kier alpha value is -5.98. The van der Waals surface area contributed by atoms with E-state index in [4.69, 9.17) is 4.74 Å². The van der Waals surface area contributed by atoms with E-state index in [9.17, 15) is 28.0 Å². The molecule has 2 bridgehead atoms. The fourth-order valence-electron chi connectivity index (χ4n) is 9.88. The summed E-state index contributed by atoms with van der Waals surface area (Å²) in [5.74, 6) is -7.18. The molecule has 3 fully saturated rings. The van der Waals surface area contributed by atoms with Gasteiger partial charge in [0, 0.05) is 30.5 Å². The summed E-state index contributed by atoms with van der Waals surface area (Å²) in [7, 11) is 2.33. The molecule has 6 heterocycles. The zero-order valence-corrected chi connectivity index (χ0v) is 36.4. The van der Waals surface area contributed by atoms with Gasteiger partial charge in [0.05, 0.1) is 63.2 Å². The fraction of sp³-hybridized carbons (Fsp3) is 0.511. The molecule has 0 aliphatic carbocycles. The lowest BCUT2D eigenvalue weighted by atomic mass is 9.88. The van der Waals surface area contributed by atoms with Gasteiger partial charge in [0.1, 0.15) is 23.7 Å². The van der Waals surface area contributed by atoms with Crippen LogP contribution in [0.5, 0.6) is 0 Å². The average Bonchev–Trinajstić information content (AvgIpc) is 4.11. The van der Waals surface area contributed by atoms with Gasteiger partial charge in [-0.2, -0.15) is 0 Å². The minimum Gasteiger partial charge on any atom is -0.453 e. The van der Waals surface area contributed by atoms with E-state index in [0.29, 0.717) is 17.3 Å². The number of carbonyl (C=O) groups is 4. The number of methoxy groups -OCH3 is 2. The molecule has 2 aromatic heterocycles. The molecule has 19 heteroatoms. The zero-order chi connectivity index (χ0) is 45.8. The molecule has 4 aliphatic heterocycles. The van der Waals surface area contributed by atoms with Crippen LogP contribution in [0, 0.1) is 11.8 Å². The van der Waals surface area contributed by atoms with E-state index in [1.807, 2.05) is 36.4 Å². The molecule has 64 heavy (non-hydrogen) atoms. The van der Waals surface area contributed by atoms with Gasteiger partial charge in [0.15, 0.2) is 0 Å². The van der Waals surface area contributed by atoms with Crippen molar-refractivity contribution in [3.63, 3.8) is 0 Å². The highest BCUT2D eigenvalue weighted by Crippen LogP contribution is 2.52. The van der Waals surface area contributed by atoms with Gasteiger partial charge in [0.25, 0.3) is 11.8 Å². The number of amides is 4. The highest BCUT2D eigenvalue weighted by atomic mass is 19.3. The molecule has 0 saturated carbocycles. The number of likely N-dealkylation sites (tertiary alicyclic amines) is 2. The van der Waals surface area contributed by atoms with Crippen LogP contribution in [-0.2, 0) is 19.1 Å². The molecule has 4 aromatic rings. The number of H-pyrrole nitrogens is 2. The fourth-order valence-corrected chi connectivity index (χ4v) is 9.88. The molecule has 5 N–H and O–H groups in total. The largest absolute Gasteiger partial charge is 0.453 e. The molecule has 7 atom stereocenters. The smallest absolute Gasteiger partial charge is 0.407 e. The first-order valence-electron chi connectivity index (χ1n) is 21.6. The van der Waals surface area contributed by atoms with Crippen LogP contribution in [-0.4, -0.2) is 105 Å². The second-order valence-electron chi connectivity index (χ2n) is 17.8. The van der Waals surface area contributed by atoms with Crippen LogP contribution in [0.2, 0.25) is 0 Å². The van der Waals surface area contributed by atoms with E-state index in [1.54, 1.807) is 33.2 Å². The van der Waals surface area contributed by atoms with Gasteiger partial charge >= 0.3 is 12.2 Å². The van der Waals surface area contributed by atoms with Crippen LogP contribution >= 0.6 is 0 Å². The predicted octanol–water partition coefficient (Wildman–Crippen LogP) is 7.58. The summed E-state index contributed by atoms with van der Waals surface area (Å²) in [6.07, 6.45) is 2.23. The standard InChI is InChI=1S/C45H53F4N9O6/c1-7-28(55-42(61)63-5)40(59)57-20-44(46,47)16-33(57)38-50-18-31(53-38)25-10-8-24(9-11-25)26-12-13-27(36-30-15-23(4)14-29(52-30)35(26)36)32-19-51-39(54-32)34-17-45(48,49)21-58(34)41(60)37(22(2)3)56-43(62)64-6/h8-13,18-19,22-23,28-30,33-34,37,52H,7,14-17,20-21H2,1-6H3,(H,50,53)(H,51,54)(H,55,61)(H,56,62). The van der Waals surface area contributed by atoms with Crippen molar-refractivity contribution in [2.75, 3.05) is 27.3 Å². The van der Waals surface area contributed by atoms with Gasteiger partial charge in [-0.15, -0.1) is 0 Å². The van der Waals surface area contributed by atoms with Crippen LogP contribution in [0.15, 0.2) is 48.8 Å². The molecule has 15 nitrogen and oxygen atoms in total. The lowest BCUT2D eigenvalue weighted by molar-refractivity contribution is -0.137. The van der Waals surface area contributed by atoms with Gasteiger partial charge in [-0.1, -0.05) is 64.1 Å². The Kier molecular flexibility index (Phi) is 12.0. The first-order chi connectivity index (χ1) is 30.4. The lowest BCUT2D eigenvalue weighted by Gasteiger charge is -2.29. The second-order valence-corrected chi connectivity index (χ2v) is 17.8. The summed E-state index contributed by atoms with van der Waals surface area (Å²) < 4.78 is 69.2. The minimum atomic E-state index is -3.17. The number of aromatic nitrogens is 4. The number of halogens is 4. The topological polar surface area (TPSA) is 187 Å². The van der Waals surface area contributed by atoms with Gasteiger partial charge in [-0.3, -0.25) is 9.59 Å². The van der Waals surface area contributed by atoms with E-state index in [1.165, 1.54) is 7.11 Å². The molecule has 0 spiro atoms. The summed E-state index contributed by atoms with van der Waals surface area (Å²) in [6, 6.07) is 7.70. The first kappa shape index (κ1) is 44.6. The van der Waals surface area contributed by atoms with E-state index >= 15 is 8.78 Å². The summed E-state index contributed by atoms with van der Waals surface area (Å²) in [4.78, 5) is 68.8. The maximum atomic E-state index is 15.1. The van der Waals surface area contributed by atoms with Crippen LogP contribution in [0.25, 0.3) is 33.6 Å². The Morgan fingerprint density at radius 1 is 0.750 bits per heavy atom. The number of imidazole rings is 2. The zero-order valence-electron chi connectivity index (χ0n) is 36.4. The molecule has 4 aliphatic rings.